The first-order chi connectivity index (χ1) is 9.67. The molecule has 0 unspecified atom stereocenters. The van der Waals surface area contributed by atoms with Crippen LogP contribution in [0.15, 0.2) is 42.7 Å². The van der Waals surface area contributed by atoms with Crippen molar-refractivity contribution < 1.29 is 9.13 Å². The molecule has 2 N–H and O–H groups in total. The van der Waals surface area contributed by atoms with Gasteiger partial charge < -0.3 is 10.5 Å². The van der Waals surface area contributed by atoms with E-state index in [0.717, 1.165) is 0 Å². The first-order valence-electron chi connectivity index (χ1n) is 5.81. The molecule has 0 aliphatic carbocycles. The molecule has 1 aromatic heterocycles. The molecule has 0 fully saturated rings. The van der Waals surface area contributed by atoms with Crippen LogP contribution in [0, 0.1) is 17.1 Å². The van der Waals surface area contributed by atoms with Gasteiger partial charge in [0.05, 0.1) is 18.4 Å². The first-order valence-corrected chi connectivity index (χ1v) is 5.81. The zero-order chi connectivity index (χ0) is 14.5. The molecular weight excluding hydrogens is 257 g/mol. The minimum absolute atomic E-state index is 0.129. The molecule has 0 radical (unpaired) electrons. The summed E-state index contributed by atoms with van der Waals surface area (Å²) < 4.78 is 18.5. The zero-order valence-corrected chi connectivity index (χ0v) is 10.8. The molecule has 0 bridgehead atoms. The van der Waals surface area contributed by atoms with Crippen molar-refractivity contribution in [3.63, 3.8) is 0 Å². The van der Waals surface area contributed by atoms with Gasteiger partial charge >= 0.3 is 0 Å². The Morgan fingerprint density at radius 3 is 2.50 bits per heavy atom. The van der Waals surface area contributed by atoms with Gasteiger partial charge in [-0.15, -0.1) is 0 Å². The molecule has 0 amide bonds. The third-order valence-electron chi connectivity index (χ3n) is 2.81. The number of halogens is 1. The maximum absolute atomic E-state index is 13.7. The number of nitrogens with zero attached hydrogens (tertiary/aromatic N) is 2. The van der Waals surface area contributed by atoms with Crippen LogP contribution in [0.4, 0.5) is 4.39 Å². The van der Waals surface area contributed by atoms with Gasteiger partial charge in [0.15, 0.2) is 11.6 Å². The molecular formula is C15H12FN3O. The Morgan fingerprint density at radius 1 is 1.25 bits per heavy atom. The Balaban J connectivity index is 2.52. The average Bonchev–Trinajstić information content (AvgIpc) is 2.49. The molecule has 0 spiro atoms. The van der Waals surface area contributed by atoms with E-state index in [1.165, 1.54) is 19.2 Å². The fourth-order valence-electron chi connectivity index (χ4n) is 1.78. The number of rotatable bonds is 3. The van der Waals surface area contributed by atoms with Crippen molar-refractivity contribution >= 4 is 11.3 Å². The molecule has 0 atom stereocenters. The highest BCUT2D eigenvalue weighted by Gasteiger charge is 2.11. The smallest absolute Gasteiger partial charge is 0.165 e. The van der Waals surface area contributed by atoms with Crippen molar-refractivity contribution in [2.24, 2.45) is 5.73 Å². The second-order valence-corrected chi connectivity index (χ2v) is 3.99. The minimum atomic E-state index is -0.528. The Hall–Kier alpha value is -2.87. The topological polar surface area (TPSA) is 71.9 Å². The maximum atomic E-state index is 13.7. The summed E-state index contributed by atoms with van der Waals surface area (Å²) in [5.74, 6) is -0.399. The van der Waals surface area contributed by atoms with Gasteiger partial charge in [-0.1, -0.05) is 0 Å². The second-order valence-electron chi connectivity index (χ2n) is 3.99. The van der Waals surface area contributed by atoms with E-state index in [2.05, 4.69) is 4.98 Å². The van der Waals surface area contributed by atoms with E-state index in [1.807, 2.05) is 6.07 Å². The predicted molar refractivity (Wildman–Crippen MR) is 73.8 cm³/mol. The summed E-state index contributed by atoms with van der Waals surface area (Å²) in [7, 11) is 1.38. The summed E-state index contributed by atoms with van der Waals surface area (Å²) in [6, 6.07) is 9.70. The van der Waals surface area contributed by atoms with Gasteiger partial charge in [-0.3, -0.25) is 4.98 Å². The van der Waals surface area contributed by atoms with Gasteiger partial charge in [0.1, 0.15) is 6.07 Å². The number of allylic oxidation sites excluding steroid dienone is 1. The van der Waals surface area contributed by atoms with E-state index < -0.39 is 5.82 Å². The Kier molecular flexibility index (Phi) is 3.96. The lowest BCUT2D eigenvalue weighted by molar-refractivity contribution is 0.386. The highest BCUT2D eigenvalue weighted by Crippen LogP contribution is 2.25. The molecule has 2 aromatic rings. The van der Waals surface area contributed by atoms with Crippen molar-refractivity contribution in [1.82, 2.24) is 4.98 Å². The summed E-state index contributed by atoms with van der Waals surface area (Å²) in [6.07, 6.45) is 3.13. The molecule has 2 rings (SSSR count). The summed E-state index contributed by atoms with van der Waals surface area (Å²) in [6.45, 7) is 0. The average molecular weight is 269 g/mol. The molecule has 0 aliphatic rings. The van der Waals surface area contributed by atoms with Gasteiger partial charge in [-0.05, 0) is 35.9 Å². The van der Waals surface area contributed by atoms with Crippen LogP contribution in [-0.2, 0) is 0 Å². The lowest BCUT2D eigenvalue weighted by Gasteiger charge is -2.08. The number of aromatic nitrogens is 1. The van der Waals surface area contributed by atoms with Crippen LogP contribution in [0.3, 0.4) is 0 Å². The van der Waals surface area contributed by atoms with Crippen LogP contribution in [0.1, 0.15) is 11.1 Å². The standard InChI is InChI=1S/C15H12FN3O/c1-20-14-3-2-11(8-13(14)16)15(18)12(9-17)10-4-6-19-7-5-10/h2-8H,18H2,1H3/b15-12+. The maximum Gasteiger partial charge on any atom is 0.165 e. The van der Waals surface area contributed by atoms with Crippen LogP contribution < -0.4 is 10.5 Å². The third-order valence-corrected chi connectivity index (χ3v) is 2.81. The third kappa shape index (κ3) is 2.59. The van der Waals surface area contributed by atoms with Gasteiger partial charge in [-0.2, -0.15) is 5.26 Å². The summed E-state index contributed by atoms with van der Waals surface area (Å²) in [5, 5.41) is 9.25. The number of benzene rings is 1. The van der Waals surface area contributed by atoms with Crippen molar-refractivity contribution in [1.29, 1.82) is 5.26 Å². The summed E-state index contributed by atoms with van der Waals surface area (Å²) >= 11 is 0. The van der Waals surface area contributed by atoms with E-state index in [-0.39, 0.29) is 17.0 Å². The summed E-state index contributed by atoms with van der Waals surface area (Å²) in [4.78, 5) is 3.88. The number of nitrogens with two attached hydrogens (primary N) is 1. The van der Waals surface area contributed by atoms with E-state index in [4.69, 9.17) is 10.5 Å². The number of pyridine rings is 1. The predicted octanol–water partition coefficient (Wildman–Crippen LogP) is 2.58. The van der Waals surface area contributed by atoms with E-state index in [0.29, 0.717) is 11.1 Å². The van der Waals surface area contributed by atoms with E-state index in [9.17, 15) is 9.65 Å². The fourth-order valence-corrected chi connectivity index (χ4v) is 1.78. The van der Waals surface area contributed by atoms with E-state index >= 15 is 0 Å². The lowest BCUT2D eigenvalue weighted by atomic mass is 10.0. The molecule has 5 heteroatoms. The Labute approximate surface area is 115 Å². The van der Waals surface area contributed by atoms with Gasteiger partial charge in [0.25, 0.3) is 0 Å². The van der Waals surface area contributed by atoms with Crippen LogP contribution in [0.2, 0.25) is 0 Å². The fraction of sp³-hybridized carbons (Fsp3) is 0.0667. The molecule has 20 heavy (non-hydrogen) atoms. The Morgan fingerprint density at radius 2 is 1.95 bits per heavy atom. The van der Waals surface area contributed by atoms with E-state index in [1.54, 1.807) is 30.6 Å². The van der Waals surface area contributed by atoms with Crippen molar-refractivity contribution in [2.45, 2.75) is 0 Å². The monoisotopic (exact) mass is 269 g/mol. The number of ether oxygens (including phenoxy) is 1. The van der Waals surface area contributed by atoms with Gasteiger partial charge in [-0.25, -0.2) is 4.39 Å². The SMILES string of the molecule is COc1ccc(/C(N)=C(/C#N)c2ccncc2)cc1F. The minimum Gasteiger partial charge on any atom is -0.494 e. The second kappa shape index (κ2) is 5.85. The molecule has 100 valence electrons. The van der Waals surface area contributed by atoms with Crippen molar-refractivity contribution in [3.8, 4) is 11.8 Å². The van der Waals surface area contributed by atoms with Gasteiger partial charge in [0, 0.05) is 18.0 Å². The van der Waals surface area contributed by atoms with Crippen LogP contribution in [0.5, 0.6) is 5.75 Å². The number of hydrogen-bond donors (Lipinski definition) is 1. The van der Waals surface area contributed by atoms with Crippen LogP contribution in [0.25, 0.3) is 11.3 Å². The van der Waals surface area contributed by atoms with Crippen molar-refractivity contribution in [2.75, 3.05) is 7.11 Å². The quantitative estimate of drug-likeness (QED) is 0.869. The number of nitriles is 1. The van der Waals surface area contributed by atoms with Gasteiger partial charge in [0.2, 0.25) is 0 Å². The summed E-state index contributed by atoms with van der Waals surface area (Å²) in [5.41, 5.74) is 7.52. The Bertz CT molecular complexity index is 690. The van der Waals surface area contributed by atoms with Crippen LogP contribution >= 0.6 is 0 Å². The highest BCUT2D eigenvalue weighted by atomic mass is 19.1. The molecule has 0 aliphatic heterocycles. The van der Waals surface area contributed by atoms with Crippen molar-refractivity contribution in [3.05, 3.63) is 59.7 Å². The molecule has 0 saturated heterocycles. The molecule has 0 saturated carbocycles. The molecule has 1 aromatic carbocycles. The largest absolute Gasteiger partial charge is 0.494 e. The zero-order valence-electron chi connectivity index (χ0n) is 10.8. The highest BCUT2D eigenvalue weighted by molar-refractivity contribution is 5.95. The number of methoxy groups -OCH3 is 1. The first kappa shape index (κ1) is 13.6. The van der Waals surface area contributed by atoms with Crippen LogP contribution in [-0.4, -0.2) is 12.1 Å². The molecule has 4 nitrogen and oxygen atoms in total. The number of hydrogen-bond acceptors (Lipinski definition) is 4. The lowest BCUT2D eigenvalue weighted by Crippen LogP contribution is -2.02. The normalized spacial score (nSPS) is 11.4. The molecule has 1 heterocycles.